The first kappa shape index (κ1) is 11.0. The maximum Gasteiger partial charge on any atom is 0.181 e. The summed E-state index contributed by atoms with van der Waals surface area (Å²) in [7, 11) is 0. The van der Waals surface area contributed by atoms with E-state index in [1.54, 1.807) is 0 Å². The first-order valence-corrected chi connectivity index (χ1v) is 6.16. The van der Waals surface area contributed by atoms with Crippen LogP contribution in [0.5, 0.6) is 0 Å². The summed E-state index contributed by atoms with van der Waals surface area (Å²) < 4.78 is 0. The second-order valence-corrected chi connectivity index (χ2v) is 4.72. The zero-order chi connectivity index (χ0) is 12.5. The van der Waals surface area contributed by atoms with E-state index in [4.69, 9.17) is 0 Å². The number of fused-ring (bicyclic) bond motifs is 1. The number of nitrogens with zero attached hydrogens (tertiary/aromatic N) is 2. The zero-order valence-corrected chi connectivity index (χ0v) is 10.5. The molecule has 0 saturated heterocycles. The highest BCUT2D eigenvalue weighted by atomic mass is 15.1. The van der Waals surface area contributed by atoms with Crippen molar-refractivity contribution in [2.75, 3.05) is 0 Å². The average Bonchev–Trinajstić information content (AvgIpc) is 2.83. The first-order chi connectivity index (χ1) is 8.77. The Morgan fingerprint density at radius 1 is 1.06 bits per heavy atom. The van der Waals surface area contributed by atoms with Crippen LogP contribution < -0.4 is 0 Å². The van der Waals surface area contributed by atoms with Gasteiger partial charge in [-0.15, -0.1) is 0 Å². The molecule has 0 radical (unpaired) electrons. The summed E-state index contributed by atoms with van der Waals surface area (Å²) in [6.45, 7) is 4.38. The van der Waals surface area contributed by atoms with Crippen LogP contribution in [-0.4, -0.2) is 15.2 Å². The SMILES string of the molecule is CC(C)c1ccnc2n[nH]c(-c3ccccc3)c12. The largest absolute Gasteiger partial charge is 0.275 e. The Hall–Kier alpha value is -2.16. The summed E-state index contributed by atoms with van der Waals surface area (Å²) in [5, 5.41) is 8.55. The van der Waals surface area contributed by atoms with Crippen LogP contribution in [0.3, 0.4) is 0 Å². The lowest BCUT2D eigenvalue weighted by molar-refractivity contribution is 0.874. The minimum absolute atomic E-state index is 0.454. The number of H-pyrrole nitrogens is 1. The lowest BCUT2D eigenvalue weighted by Crippen LogP contribution is -1.90. The van der Waals surface area contributed by atoms with Crippen LogP contribution in [0, 0.1) is 0 Å². The van der Waals surface area contributed by atoms with Gasteiger partial charge in [0.15, 0.2) is 5.65 Å². The molecule has 0 atom stereocenters. The molecule has 0 aliphatic heterocycles. The number of benzene rings is 1. The molecular formula is C15H15N3. The Bertz CT molecular complexity index is 669. The molecule has 2 aromatic heterocycles. The van der Waals surface area contributed by atoms with Crippen LogP contribution in [0.4, 0.5) is 0 Å². The maximum absolute atomic E-state index is 4.33. The van der Waals surface area contributed by atoms with Gasteiger partial charge in [0.05, 0.1) is 11.1 Å². The molecule has 0 saturated carbocycles. The number of hydrogen-bond donors (Lipinski definition) is 1. The van der Waals surface area contributed by atoms with Crippen LogP contribution in [0.2, 0.25) is 0 Å². The van der Waals surface area contributed by atoms with E-state index in [1.165, 1.54) is 5.56 Å². The third-order valence-electron chi connectivity index (χ3n) is 3.17. The van der Waals surface area contributed by atoms with E-state index >= 15 is 0 Å². The number of nitrogens with one attached hydrogen (secondary N) is 1. The van der Waals surface area contributed by atoms with Gasteiger partial charge in [-0.05, 0) is 17.5 Å². The van der Waals surface area contributed by atoms with Crippen molar-refractivity contribution in [1.82, 2.24) is 15.2 Å². The van der Waals surface area contributed by atoms with Gasteiger partial charge >= 0.3 is 0 Å². The average molecular weight is 237 g/mol. The molecule has 2 heterocycles. The molecule has 0 fully saturated rings. The summed E-state index contributed by atoms with van der Waals surface area (Å²) >= 11 is 0. The zero-order valence-electron chi connectivity index (χ0n) is 10.5. The quantitative estimate of drug-likeness (QED) is 0.737. The fraction of sp³-hybridized carbons (Fsp3) is 0.200. The number of rotatable bonds is 2. The summed E-state index contributed by atoms with van der Waals surface area (Å²) in [6.07, 6.45) is 1.83. The van der Waals surface area contributed by atoms with E-state index in [-0.39, 0.29) is 0 Å². The fourth-order valence-electron chi connectivity index (χ4n) is 2.27. The molecule has 18 heavy (non-hydrogen) atoms. The van der Waals surface area contributed by atoms with Crippen LogP contribution >= 0.6 is 0 Å². The standard InChI is InChI=1S/C15H15N3/c1-10(2)12-8-9-16-15-13(12)14(17-18-15)11-6-4-3-5-7-11/h3-10H,1-2H3,(H,16,17,18). The van der Waals surface area contributed by atoms with Crippen LogP contribution in [0.15, 0.2) is 42.6 Å². The lowest BCUT2D eigenvalue weighted by atomic mass is 9.98. The van der Waals surface area contributed by atoms with Crippen molar-refractivity contribution in [3.8, 4) is 11.3 Å². The van der Waals surface area contributed by atoms with Crippen LogP contribution in [0.1, 0.15) is 25.3 Å². The van der Waals surface area contributed by atoms with Gasteiger partial charge in [-0.3, -0.25) is 5.10 Å². The van der Waals surface area contributed by atoms with E-state index in [0.29, 0.717) is 5.92 Å². The van der Waals surface area contributed by atoms with E-state index in [0.717, 1.165) is 22.3 Å². The summed E-state index contributed by atoms with van der Waals surface area (Å²) in [5.74, 6) is 0.454. The highest BCUT2D eigenvalue weighted by Crippen LogP contribution is 2.31. The molecule has 90 valence electrons. The van der Waals surface area contributed by atoms with Crippen molar-refractivity contribution in [2.45, 2.75) is 19.8 Å². The van der Waals surface area contributed by atoms with Crippen molar-refractivity contribution in [2.24, 2.45) is 0 Å². The van der Waals surface area contributed by atoms with Crippen molar-refractivity contribution in [3.05, 3.63) is 48.2 Å². The Morgan fingerprint density at radius 3 is 2.56 bits per heavy atom. The molecule has 0 unspecified atom stereocenters. The lowest BCUT2D eigenvalue weighted by Gasteiger charge is -2.07. The van der Waals surface area contributed by atoms with Crippen molar-refractivity contribution >= 4 is 11.0 Å². The third-order valence-corrected chi connectivity index (χ3v) is 3.17. The monoisotopic (exact) mass is 237 g/mol. The topological polar surface area (TPSA) is 41.6 Å². The van der Waals surface area contributed by atoms with E-state index in [2.05, 4.69) is 47.2 Å². The van der Waals surface area contributed by atoms with Gasteiger partial charge in [0.2, 0.25) is 0 Å². The van der Waals surface area contributed by atoms with E-state index in [9.17, 15) is 0 Å². The number of aromatic amines is 1. The normalized spacial score (nSPS) is 11.3. The predicted octanol–water partition coefficient (Wildman–Crippen LogP) is 3.75. The van der Waals surface area contributed by atoms with Crippen molar-refractivity contribution in [1.29, 1.82) is 0 Å². The highest BCUT2D eigenvalue weighted by molar-refractivity contribution is 5.93. The van der Waals surface area contributed by atoms with Gasteiger partial charge in [0.25, 0.3) is 0 Å². The first-order valence-electron chi connectivity index (χ1n) is 6.16. The fourth-order valence-corrected chi connectivity index (χ4v) is 2.27. The molecule has 3 nitrogen and oxygen atoms in total. The molecule has 0 aliphatic carbocycles. The molecule has 3 rings (SSSR count). The molecule has 0 aliphatic rings. The predicted molar refractivity (Wildman–Crippen MR) is 73.4 cm³/mol. The summed E-state index contributed by atoms with van der Waals surface area (Å²) in [4.78, 5) is 4.33. The smallest absolute Gasteiger partial charge is 0.181 e. The van der Waals surface area contributed by atoms with Gasteiger partial charge < -0.3 is 0 Å². The molecule has 1 aromatic carbocycles. The Kier molecular flexibility index (Phi) is 2.59. The molecule has 1 N–H and O–H groups in total. The second kappa shape index (κ2) is 4.26. The minimum Gasteiger partial charge on any atom is -0.275 e. The Labute approximate surface area is 106 Å². The van der Waals surface area contributed by atoms with Gasteiger partial charge in [-0.2, -0.15) is 5.10 Å². The molecule has 3 heteroatoms. The van der Waals surface area contributed by atoms with Crippen LogP contribution in [-0.2, 0) is 0 Å². The van der Waals surface area contributed by atoms with Crippen LogP contribution in [0.25, 0.3) is 22.3 Å². The molecule has 0 amide bonds. The molecule has 0 spiro atoms. The van der Waals surface area contributed by atoms with Crippen molar-refractivity contribution in [3.63, 3.8) is 0 Å². The van der Waals surface area contributed by atoms with Gasteiger partial charge in [-0.1, -0.05) is 44.2 Å². The van der Waals surface area contributed by atoms with Gasteiger partial charge in [0.1, 0.15) is 0 Å². The molecular weight excluding hydrogens is 222 g/mol. The number of hydrogen-bond acceptors (Lipinski definition) is 2. The number of pyridine rings is 1. The van der Waals surface area contributed by atoms with Crippen molar-refractivity contribution < 1.29 is 0 Å². The molecule has 0 bridgehead atoms. The van der Waals surface area contributed by atoms with Gasteiger partial charge in [-0.25, -0.2) is 4.98 Å². The minimum atomic E-state index is 0.454. The summed E-state index contributed by atoms with van der Waals surface area (Å²) in [5.41, 5.74) is 4.28. The molecule has 3 aromatic rings. The maximum atomic E-state index is 4.33. The third kappa shape index (κ3) is 1.68. The number of aromatic nitrogens is 3. The summed E-state index contributed by atoms with van der Waals surface area (Å²) in [6, 6.07) is 12.3. The highest BCUT2D eigenvalue weighted by Gasteiger charge is 2.14. The Balaban J connectivity index is 2.31. The van der Waals surface area contributed by atoms with E-state index < -0.39 is 0 Å². The van der Waals surface area contributed by atoms with E-state index in [1.807, 2.05) is 24.4 Å². The Morgan fingerprint density at radius 2 is 1.83 bits per heavy atom. The van der Waals surface area contributed by atoms with Gasteiger partial charge in [0, 0.05) is 11.8 Å². The second-order valence-electron chi connectivity index (χ2n) is 4.72.